The van der Waals surface area contributed by atoms with Crippen molar-refractivity contribution in [3.8, 4) is 11.4 Å². The van der Waals surface area contributed by atoms with Crippen molar-refractivity contribution >= 4 is 19.7 Å². The lowest BCUT2D eigenvalue weighted by atomic mass is 10.2. The third kappa shape index (κ3) is 2.40. The van der Waals surface area contributed by atoms with Crippen molar-refractivity contribution in [3.63, 3.8) is 0 Å². The van der Waals surface area contributed by atoms with E-state index in [0.29, 0.717) is 0 Å². The standard InChI is InChI=1S/C11H8ClF2N3O2S/c12-20(18,19)11-16-15-10(17(11)9-1-2-9)6-3-7(13)5-8(14)4-6/h3-5,9H,1-2H2. The lowest BCUT2D eigenvalue weighted by Gasteiger charge is -2.07. The predicted molar refractivity (Wildman–Crippen MR) is 66.7 cm³/mol. The molecule has 9 heteroatoms. The number of nitrogens with zero attached hydrogens (tertiary/aromatic N) is 3. The van der Waals surface area contributed by atoms with E-state index in [1.807, 2.05) is 0 Å². The first-order valence-corrected chi connectivity index (χ1v) is 8.03. The van der Waals surface area contributed by atoms with E-state index in [-0.39, 0.29) is 17.4 Å². The van der Waals surface area contributed by atoms with Gasteiger partial charge in [-0.15, -0.1) is 10.2 Å². The highest BCUT2D eigenvalue weighted by Gasteiger charge is 2.34. The van der Waals surface area contributed by atoms with Crippen LogP contribution < -0.4 is 0 Å². The Balaban J connectivity index is 2.22. The Morgan fingerprint density at radius 2 is 1.75 bits per heavy atom. The summed E-state index contributed by atoms with van der Waals surface area (Å²) >= 11 is 0. The van der Waals surface area contributed by atoms with Crippen LogP contribution in [0.3, 0.4) is 0 Å². The summed E-state index contributed by atoms with van der Waals surface area (Å²) in [6.07, 6.45) is 1.48. The van der Waals surface area contributed by atoms with Gasteiger partial charge in [0, 0.05) is 28.4 Å². The molecule has 1 heterocycles. The Labute approximate surface area is 117 Å². The van der Waals surface area contributed by atoms with Gasteiger partial charge in [-0.25, -0.2) is 17.2 Å². The fourth-order valence-electron chi connectivity index (χ4n) is 1.98. The van der Waals surface area contributed by atoms with Crippen LogP contribution in [0.1, 0.15) is 18.9 Å². The molecule has 0 spiro atoms. The van der Waals surface area contributed by atoms with Crippen LogP contribution in [-0.2, 0) is 9.05 Å². The quantitative estimate of drug-likeness (QED) is 0.815. The fraction of sp³-hybridized carbons (Fsp3) is 0.273. The molecule has 2 aromatic rings. The van der Waals surface area contributed by atoms with Gasteiger partial charge in [-0.1, -0.05) is 0 Å². The average molecular weight is 320 g/mol. The molecule has 0 saturated heterocycles. The molecule has 1 aliphatic carbocycles. The molecule has 0 N–H and O–H groups in total. The molecule has 0 radical (unpaired) electrons. The van der Waals surface area contributed by atoms with Gasteiger partial charge in [0.15, 0.2) is 5.82 Å². The lowest BCUT2D eigenvalue weighted by molar-refractivity contribution is 0.577. The summed E-state index contributed by atoms with van der Waals surface area (Å²) in [7, 11) is 1.23. The first-order valence-electron chi connectivity index (χ1n) is 5.72. The lowest BCUT2D eigenvalue weighted by Crippen LogP contribution is -2.06. The maximum Gasteiger partial charge on any atom is 0.296 e. The van der Waals surface area contributed by atoms with Crippen molar-refractivity contribution in [1.82, 2.24) is 14.8 Å². The highest BCUT2D eigenvalue weighted by atomic mass is 35.7. The van der Waals surface area contributed by atoms with Crippen LogP contribution in [0, 0.1) is 11.6 Å². The third-order valence-electron chi connectivity index (χ3n) is 2.92. The fourth-order valence-corrected chi connectivity index (χ4v) is 2.91. The van der Waals surface area contributed by atoms with Crippen molar-refractivity contribution < 1.29 is 17.2 Å². The van der Waals surface area contributed by atoms with Gasteiger partial charge in [-0.2, -0.15) is 0 Å². The van der Waals surface area contributed by atoms with Crippen LogP contribution in [0.5, 0.6) is 0 Å². The summed E-state index contributed by atoms with van der Waals surface area (Å²) in [5.74, 6) is -1.47. The second kappa shape index (κ2) is 4.49. The average Bonchev–Trinajstić information content (AvgIpc) is 3.04. The van der Waals surface area contributed by atoms with Crippen molar-refractivity contribution in [2.75, 3.05) is 0 Å². The van der Waals surface area contributed by atoms with E-state index >= 15 is 0 Å². The summed E-state index contributed by atoms with van der Waals surface area (Å²) < 4.78 is 50.8. The topological polar surface area (TPSA) is 64.8 Å². The molecule has 106 valence electrons. The van der Waals surface area contributed by atoms with Crippen LogP contribution in [0.2, 0.25) is 0 Å². The van der Waals surface area contributed by atoms with Crippen molar-refractivity contribution in [2.24, 2.45) is 0 Å². The Morgan fingerprint density at radius 1 is 1.15 bits per heavy atom. The largest absolute Gasteiger partial charge is 0.296 e. The first kappa shape index (κ1) is 13.4. The van der Waals surface area contributed by atoms with E-state index in [2.05, 4.69) is 10.2 Å². The smallest absolute Gasteiger partial charge is 0.294 e. The van der Waals surface area contributed by atoms with E-state index in [0.717, 1.165) is 31.0 Å². The van der Waals surface area contributed by atoms with Gasteiger partial charge in [0.1, 0.15) is 11.6 Å². The molecular weight excluding hydrogens is 312 g/mol. The molecule has 1 fully saturated rings. The molecule has 0 atom stereocenters. The maximum atomic E-state index is 13.3. The molecule has 0 bridgehead atoms. The highest BCUT2D eigenvalue weighted by molar-refractivity contribution is 8.13. The molecule has 1 saturated carbocycles. The van der Waals surface area contributed by atoms with Crippen LogP contribution >= 0.6 is 10.7 Å². The third-order valence-corrected chi connectivity index (χ3v) is 4.04. The monoisotopic (exact) mass is 319 g/mol. The molecule has 3 rings (SSSR count). The van der Waals surface area contributed by atoms with E-state index in [9.17, 15) is 17.2 Å². The zero-order chi connectivity index (χ0) is 14.5. The Kier molecular flexibility index (Phi) is 3.02. The number of benzene rings is 1. The molecule has 0 unspecified atom stereocenters. The van der Waals surface area contributed by atoms with E-state index in [1.165, 1.54) is 4.57 Å². The van der Waals surface area contributed by atoms with Crippen LogP contribution in [0.4, 0.5) is 8.78 Å². The van der Waals surface area contributed by atoms with Crippen LogP contribution in [0.25, 0.3) is 11.4 Å². The maximum absolute atomic E-state index is 13.3. The van der Waals surface area contributed by atoms with Crippen molar-refractivity contribution in [3.05, 3.63) is 29.8 Å². The second-order valence-corrected chi connectivity index (χ2v) is 6.96. The highest BCUT2D eigenvalue weighted by Crippen LogP contribution is 2.40. The minimum Gasteiger partial charge on any atom is -0.294 e. The van der Waals surface area contributed by atoms with Crippen molar-refractivity contribution in [2.45, 2.75) is 24.0 Å². The molecule has 1 aromatic carbocycles. The number of aromatic nitrogens is 3. The van der Waals surface area contributed by atoms with Gasteiger partial charge >= 0.3 is 0 Å². The molecular formula is C11H8ClF2N3O2S. The molecule has 0 aliphatic heterocycles. The van der Waals surface area contributed by atoms with Gasteiger partial charge in [0.2, 0.25) is 0 Å². The molecule has 1 aliphatic rings. The summed E-state index contributed by atoms with van der Waals surface area (Å²) in [5, 5.41) is 6.84. The number of halogens is 3. The van der Waals surface area contributed by atoms with Crippen molar-refractivity contribution in [1.29, 1.82) is 0 Å². The zero-order valence-corrected chi connectivity index (χ0v) is 11.5. The van der Waals surface area contributed by atoms with E-state index < -0.39 is 25.8 Å². The SMILES string of the molecule is O=S(=O)(Cl)c1nnc(-c2cc(F)cc(F)c2)n1C1CC1. The molecule has 20 heavy (non-hydrogen) atoms. The normalized spacial score (nSPS) is 15.6. The second-order valence-electron chi connectivity index (χ2n) is 4.50. The van der Waals surface area contributed by atoms with E-state index in [1.54, 1.807) is 0 Å². The van der Waals surface area contributed by atoms with Crippen LogP contribution in [0.15, 0.2) is 23.4 Å². The van der Waals surface area contributed by atoms with Gasteiger partial charge in [-0.3, -0.25) is 4.57 Å². The van der Waals surface area contributed by atoms with Gasteiger partial charge in [0.05, 0.1) is 0 Å². The predicted octanol–water partition coefficient (Wildman–Crippen LogP) is 2.49. The number of rotatable bonds is 3. The first-order chi connectivity index (χ1) is 9.36. The van der Waals surface area contributed by atoms with Gasteiger partial charge < -0.3 is 0 Å². The number of hydrogen-bond donors (Lipinski definition) is 0. The Bertz CT molecular complexity index is 767. The summed E-state index contributed by atoms with van der Waals surface area (Å²) in [6, 6.07) is 2.74. The zero-order valence-electron chi connectivity index (χ0n) is 9.92. The Morgan fingerprint density at radius 3 is 2.25 bits per heavy atom. The summed E-state index contributed by atoms with van der Waals surface area (Å²) in [5.41, 5.74) is 0.119. The summed E-state index contributed by atoms with van der Waals surface area (Å²) in [6.45, 7) is 0. The molecule has 5 nitrogen and oxygen atoms in total. The van der Waals surface area contributed by atoms with Gasteiger partial charge in [0.25, 0.3) is 14.2 Å². The molecule has 0 amide bonds. The van der Waals surface area contributed by atoms with Gasteiger partial charge in [-0.05, 0) is 25.0 Å². The number of hydrogen-bond acceptors (Lipinski definition) is 4. The Hall–Kier alpha value is -1.54. The van der Waals surface area contributed by atoms with Crippen LogP contribution in [-0.4, -0.2) is 23.2 Å². The van der Waals surface area contributed by atoms with E-state index in [4.69, 9.17) is 10.7 Å². The minimum absolute atomic E-state index is 0.0881. The minimum atomic E-state index is -4.07. The summed E-state index contributed by atoms with van der Waals surface area (Å²) in [4.78, 5) is 0. The molecule has 1 aromatic heterocycles.